The van der Waals surface area contributed by atoms with Crippen LogP contribution in [0.1, 0.15) is 18.3 Å². The maximum absolute atomic E-state index is 13.4. The third-order valence-electron chi connectivity index (χ3n) is 6.37. The summed E-state index contributed by atoms with van der Waals surface area (Å²) in [6.45, 7) is 6.39. The molecule has 0 radical (unpaired) electrons. The number of aryl methyl sites for hydroxylation is 3. The largest absolute Gasteiger partial charge is 0.493 e. The Morgan fingerprint density at radius 2 is 1.74 bits per heavy atom. The third-order valence-corrected chi connectivity index (χ3v) is 6.37. The SMILES string of the molecule is CCOc1cc(-c2ccc3ncc4c(c3c2)n(-c2c(C)nn(C)c2C)c(=O)n4C)ccc1OC. The van der Waals surface area contributed by atoms with Crippen molar-refractivity contribution in [3.8, 4) is 28.3 Å². The van der Waals surface area contributed by atoms with E-state index in [-0.39, 0.29) is 5.69 Å². The van der Waals surface area contributed by atoms with Gasteiger partial charge in [-0.3, -0.25) is 18.8 Å². The fraction of sp³-hybridized carbons (Fsp3) is 0.269. The fourth-order valence-electron chi connectivity index (χ4n) is 4.59. The molecule has 3 aromatic heterocycles. The second kappa shape index (κ2) is 8.06. The van der Waals surface area contributed by atoms with Crippen LogP contribution < -0.4 is 15.2 Å². The maximum Gasteiger partial charge on any atom is 0.333 e. The van der Waals surface area contributed by atoms with Gasteiger partial charge in [0, 0.05) is 19.5 Å². The summed E-state index contributed by atoms with van der Waals surface area (Å²) in [6, 6.07) is 12.0. The minimum atomic E-state index is -0.128. The van der Waals surface area contributed by atoms with Crippen LogP contribution in [-0.2, 0) is 14.1 Å². The van der Waals surface area contributed by atoms with E-state index in [1.54, 1.807) is 34.2 Å². The van der Waals surface area contributed by atoms with E-state index < -0.39 is 0 Å². The van der Waals surface area contributed by atoms with Gasteiger partial charge in [0.15, 0.2) is 11.5 Å². The summed E-state index contributed by atoms with van der Waals surface area (Å²) in [7, 11) is 5.30. The van der Waals surface area contributed by atoms with Gasteiger partial charge in [-0.05, 0) is 56.2 Å². The molecule has 0 aliphatic carbocycles. The number of fused-ring (bicyclic) bond motifs is 3. The summed E-state index contributed by atoms with van der Waals surface area (Å²) in [4.78, 5) is 18.1. The number of aromatic nitrogens is 5. The smallest absolute Gasteiger partial charge is 0.333 e. The molecule has 8 heteroatoms. The molecule has 0 unspecified atom stereocenters. The highest BCUT2D eigenvalue weighted by Gasteiger charge is 2.21. The number of benzene rings is 2. The highest BCUT2D eigenvalue weighted by Crippen LogP contribution is 2.35. The number of ether oxygens (including phenoxy) is 2. The monoisotopic (exact) mass is 457 g/mol. The predicted octanol–water partition coefficient (Wildman–Crippen LogP) is 4.30. The van der Waals surface area contributed by atoms with Crippen LogP contribution in [0.5, 0.6) is 11.5 Å². The van der Waals surface area contributed by atoms with Crippen molar-refractivity contribution in [1.29, 1.82) is 0 Å². The number of imidazole rings is 1. The van der Waals surface area contributed by atoms with E-state index in [1.807, 2.05) is 58.2 Å². The Morgan fingerprint density at radius 1 is 1.00 bits per heavy atom. The summed E-state index contributed by atoms with van der Waals surface area (Å²) in [5, 5.41) is 5.43. The predicted molar refractivity (Wildman–Crippen MR) is 133 cm³/mol. The van der Waals surface area contributed by atoms with Crippen LogP contribution >= 0.6 is 0 Å². The van der Waals surface area contributed by atoms with Crippen molar-refractivity contribution in [3.63, 3.8) is 0 Å². The summed E-state index contributed by atoms with van der Waals surface area (Å²) in [6.07, 6.45) is 1.76. The van der Waals surface area contributed by atoms with Crippen LogP contribution in [0.4, 0.5) is 0 Å². The molecule has 2 aromatic carbocycles. The summed E-state index contributed by atoms with van der Waals surface area (Å²) in [5.41, 5.74) is 6.77. The van der Waals surface area contributed by atoms with E-state index in [4.69, 9.17) is 9.47 Å². The van der Waals surface area contributed by atoms with Crippen LogP contribution in [0.2, 0.25) is 0 Å². The van der Waals surface area contributed by atoms with E-state index in [1.165, 1.54) is 0 Å². The summed E-state index contributed by atoms with van der Waals surface area (Å²) < 4.78 is 16.4. The first-order valence-corrected chi connectivity index (χ1v) is 11.2. The van der Waals surface area contributed by atoms with Gasteiger partial charge in [-0.25, -0.2) is 4.79 Å². The first-order valence-electron chi connectivity index (χ1n) is 11.2. The number of hydrogen-bond donors (Lipinski definition) is 0. The third kappa shape index (κ3) is 3.17. The van der Waals surface area contributed by atoms with E-state index in [0.29, 0.717) is 18.1 Å². The molecule has 0 spiro atoms. The summed E-state index contributed by atoms with van der Waals surface area (Å²) in [5.74, 6) is 1.38. The average molecular weight is 458 g/mol. The van der Waals surface area contributed by atoms with E-state index in [2.05, 4.69) is 16.1 Å². The molecule has 8 nitrogen and oxygen atoms in total. The second-order valence-electron chi connectivity index (χ2n) is 8.34. The quantitative estimate of drug-likeness (QED) is 0.393. The van der Waals surface area contributed by atoms with Crippen molar-refractivity contribution < 1.29 is 9.47 Å². The zero-order valence-electron chi connectivity index (χ0n) is 20.2. The highest BCUT2D eigenvalue weighted by molar-refractivity contribution is 6.04. The second-order valence-corrected chi connectivity index (χ2v) is 8.34. The van der Waals surface area contributed by atoms with Crippen molar-refractivity contribution in [1.82, 2.24) is 23.9 Å². The first-order chi connectivity index (χ1) is 16.3. The number of pyridine rings is 1. The fourth-order valence-corrected chi connectivity index (χ4v) is 4.59. The lowest BCUT2D eigenvalue weighted by atomic mass is 10.0. The maximum atomic E-state index is 13.4. The molecule has 0 aliphatic rings. The molecule has 5 rings (SSSR count). The molecule has 0 atom stereocenters. The Balaban J connectivity index is 1.82. The lowest BCUT2D eigenvalue weighted by molar-refractivity contribution is 0.311. The standard InChI is InChI=1S/C26H27N5O3/c1-7-34-23-13-18(9-11-22(23)33-6)17-8-10-20-19(12-17)25-21(14-27-20)29(4)26(32)31(25)24-15(2)28-30(5)16(24)3/h8-14H,7H2,1-6H3. The Labute approximate surface area is 197 Å². The minimum absolute atomic E-state index is 0.128. The molecule has 174 valence electrons. The Kier molecular flexibility index (Phi) is 5.16. The average Bonchev–Trinajstić information content (AvgIpc) is 3.24. The van der Waals surface area contributed by atoms with Gasteiger partial charge in [0.05, 0.1) is 53.5 Å². The molecular formula is C26H27N5O3. The van der Waals surface area contributed by atoms with Crippen molar-refractivity contribution in [2.24, 2.45) is 14.1 Å². The molecule has 0 saturated carbocycles. The van der Waals surface area contributed by atoms with E-state index in [0.717, 1.165) is 50.1 Å². The molecular weight excluding hydrogens is 430 g/mol. The molecule has 0 bridgehead atoms. The van der Waals surface area contributed by atoms with Gasteiger partial charge in [-0.2, -0.15) is 5.10 Å². The Hall–Kier alpha value is -4.07. The van der Waals surface area contributed by atoms with Gasteiger partial charge in [-0.15, -0.1) is 0 Å². The van der Waals surface area contributed by atoms with Crippen LogP contribution in [0, 0.1) is 13.8 Å². The normalized spacial score (nSPS) is 11.5. The van der Waals surface area contributed by atoms with Crippen molar-refractivity contribution >= 4 is 21.9 Å². The molecule has 0 fully saturated rings. The highest BCUT2D eigenvalue weighted by atomic mass is 16.5. The zero-order chi connectivity index (χ0) is 24.1. The molecule has 0 saturated heterocycles. The Morgan fingerprint density at radius 3 is 2.41 bits per heavy atom. The van der Waals surface area contributed by atoms with Crippen LogP contribution in [0.25, 0.3) is 38.8 Å². The van der Waals surface area contributed by atoms with Gasteiger partial charge in [0.2, 0.25) is 0 Å². The van der Waals surface area contributed by atoms with Gasteiger partial charge < -0.3 is 9.47 Å². The molecule has 0 aliphatic heterocycles. The summed E-state index contributed by atoms with van der Waals surface area (Å²) >= 11 is 0. The minimum Gasteiger partial charge on any atom is -0.493 e. The topological polar surface area (TPSA) is 76.1 Å². The lowest BCUT2D eigenvalue weighted by Crippen LogP contribution is -2.21. The molecule has 5 aromatic rings. The first kappa shape index (κ1) is 21.8. The van der Waals surface area contributed by atoms with E-state index >= 15 is 0 Å². The molecule has 34 heavy (non-hydrogen) atoms. The number of nitrogens with zero attached hydrogens (tertiary/aromatic N) is 5. The Bertz CT molecular complexity index is 1620. The van der Waals surface area contributed by atoms with Gasteiger partial charge >= 0.3 is 5.69 Å². The molecule has 3 heterocycles. The molecule has 0 N–H and O–H groups in total. The van der Waals surface area contributed by atoms with Crippen LogP contribution in [0.15, 0.2) is 47.4 Å². The van der Waals surface area contributed by atoms with Crippen LogP contribution in [0.3, 0.4) is 0 Å². The van der Waals surface area contributed by atoms with Crippen LogP contribution in [-0.4, -0.2) is 37.6 Å². The van der Waals surface area contributed by atoms with Gasteiger partial charge in [-0.1, -0.05) is 12.1 Å². The lowest BCUT2D eigenvalue weighted by Gasteiger charge is -2.12. The number of hydrogen-bond acceptors (Lipinski definition) is 5. The number of rotatable bonds is 5. The van der Waals surface area contributed by atoms with Crippen molar-refractivity contribution in [2.75, 3.05) is 13.7 Å². The number of methoxy groups -OCH3 is 1. The van der Waals surface area contributed by atoms with Gasteiger partial charge in [0.1, 0.15) is 0 Å². The van der Waals surface area contributed by atoms with Gasteiger partial charge in [0.25, 0.3) is 0 Å². The van der Waals surface area contributed by atoms with Crippen molar-refractivity contribution in [2.45, 2.75) is 20.8 Å². The van der Waals surface area contributed by atoms with E-state index in [9.17, 15) is 4.79 Å². The van der Waals surface area contributed by atoms with Crippen molar-refractivity contribution in [3.05, 3.63) is 64.5 Å². The molecule has 0 amide bonds. The zero-order valence-corrected chi connectivity index (χ0v) is 20.2.